The number of carboxylic acid groups (broad SMARTS) is 1. The van der Waals surface area contributed by atoms with Crippen LogP contribution in [0.15, 0.2) is 35.7 Å². The summed E-state index contributed by atoms with van der Waals surface area (Å²) < 4.78 is 0. The van der Waals surface area contributed by atoms with E-state index in [9.17, 15) is 9.59 Å². The summed E-state index contributed by atoms with van der Waals surface area (Å²) in [4.78, 5) is 24.1. The quantitative estimate of drug-likeness (QED) is 0.868. The van der Waals surface area contributed by atoms with E-state index in [1.165, 1.54) is 11.3 Å². The van der Waals surface area contributed by atoms with Gasteiger partial charge in [-0.25, -0.2) is 0 Å². The van der Waals surface area contributed by atoms with E-state index in [1.807, 2.05) is 11.4 Å². The molecule has 1 atom stereocenters. The zero-order valence-electron chi connectivity index (χ0n) is 10.7. The van der Waals surface area contributed by atoms with Gasteiger partial charge in [-0.05, 0) is 36.4 Å². The van der Waals surface area contributed by atoms with Gasteiger partial charge in [-0.3, -0.25) is 9.59 Å². The van der Waals surface area contributed by atoms with Gasteiger partial charge in [0, 0.05) is 5.56 Å². The Bertz CT molecular complexity index is 614. The van der Waals surface area contributed by atoms with E-state index in [4.69, 9.17) is 5.11 Å². The summed E-state index contributed by atoms with van der Waals surface area (Å²) in [6.07, 6.45) is 0. The molecule has 1 N–H and O–H groups in total. The SMILES string of the molecule is Cc1c(C(=O)c2cccs2)cccc1[C@H](C)C(=O)O. The molecule has 0 radical (unpaired) electrons. The first-order valence-corrected chi connectivity index (χ1v) is 6.81. The molecule has 1 heterocycles. The molecule has 4 heteroatoms. The van der Waals surface area contributed by atoms with Crippen molar-refractivity contribution >= 4 is 23.1 Å². The number of carboxylic acids is 1. The molecule has 2 aromatic rings. The fraction of sp³-hybridized carbons (Fsp3) is 0.200. The van der Waals surface area contributed by atoms with Gasteiger partial charge in [0.2, 0.25) is 5.78 Å². The van der Waals surface area contributed by atoms with Gasteiger partial charge in [-0.2, -0.15) is 0 Å². The Morgan fingerprint density at radius 2 is 1.95 bits per heavy atom. The summed E-state index contributed by atoms with van der Waals surface area (Å²) in [5.74, 6) is -1.55. The van der Waals surface area contributed by atoms with Gasteiger partial charge in [0.25, 0.3) is 0 Å². The van der Waals surface area contributed by atoms with Crippen molar-refractivity contribution < 1.29 is 14.7 Å². The first kappa shape index (κ1) is 13.5. The van der Waals surface area contributed by atoms with Crippen molar-refractivity contribution in [3.8, 4) is 0 Å². The van der Waals surface area contributed by atoms with Crippen molar-refractivity contribution in [3.05, 3.63) is 57.3 Å². The molecule has 2 rings (SSSR count). The molecule has 3 nitrogen and oxygen atoms in total. The first-order chi connectivity index (χ1) is 9.02. The lowest BCUT2D eigenvalue weighted by Crippen LogP contribution is -2.11. The van der Waals surface area contributed by atoms with E-state index in [0.717, 1.165) is 5.56 Å². The molecule has 0 aliphatic heterocycles. The van der Waals surface area contributed by atoms with Crippen molar-refractivity contribution in [1.29, 1.82) is 0 Å². The van der Waals surface area contributed by atoms with E-state index in [-0.39, 0.29) is 5.78 Å². The third-order valence-electron chi connectivity index (χ3n) is 3.20. The number of rotatable bonds is 4. The van der Waals surface area contributed by atoms with Crippen LogP contribution in [-0.4, -0.2) is 16.9 Å². The van der Waals surface area contributed by atoms with Gasteiger partial charge in [-0.1, -0.05) is 24.3 Å². The third-order valence-corrected chi connectivity index (χ3v) is 4.07. The first-order valence-electron chi connectivity index (χ1n) is 5.93. The molecule has 0 saturated carbocycles. The van der Waals surface area contributed by atoms with Crippen LogP contribution in [0.4, 0.5) is 0 Å². The van der Waals surface area contributed by atoms with Crippen LogP contribution in [-0.2, 0) is 4.79 Å². The Balaban J connectivity index is 2.46. The van der Waals surface area contributed by atoms with Gasteiger partial charge in [0.15, 0.2) is 0 Å². The Morgan fingerprint density at radius 1 is 1.21 bits per heavy atom. The number of benzene rings is 1. The molecule has 0 unspecified atom stereocenters. The van der Waals surface area contributed by atoms with Crippen molar-refractivity contribution in [1.82, 2.24) is 0 Å². The second-order valence-corrected chi connectivity index (χ2v) is 5.33. The lowest BCUT2D eigenvalue weighted by molar-refractivity contribution is -0.138. The molecule has 0 spiro atoms. The van der Waals surface area contributed by atoms with Crippen molar-refractivity contribution in [2.75, 3.05) is 0 Å². The third kappa shape index (κ3) is 2.58. The van der Waals surface area contributed by atoms with Crippen molar-refractivity contribution in [2.45, 2.75) is 19.8 Å². The van der Waals surface area contributed by atoms with Crippen LogP contribution >= 0.6 is 11.3 Å². The van der Waals surface area contributed by atoms with Crippen LogP contribution in [0.5, 0.6) is 0 Å². The predicted octanol–water partition coefficient (Wildman–Crippen LogP) is 3.48. The van der Waals surface area contributed by atoms with Crippen LogP contribution in [0.2, 0.25) is 0 Å². The van der Waals surface area contributed by atoms with E-state index >= 15 is 0 Å². The van der Waals surface area contributed by atoms with E-state index in [1.54, 1.807) is 38.1 Å². The van der Waals surface area contributed by atoms with E-state index in [2.05, 4.69) is 0 Å². The molecule has 0 amide bonds. The minimum atomic E-state index is -0.885. The van der Waals surface area contributed by atoms with Gasteiger partial charge in [0.1, 0.15) is 0 Å². The molecule has 0 bridgehead atoms. The standard InChI is InChI=1S/C15H14O3S/c1-9-11(10(2)15(17)18)5-3-6-12(9)14(16)13-7-4-8-19-13/h3-8,10H,1-2H3,(H,17,18)/t10-/m0/s1. The summed E-state index contributed by atoms with van der Waals surface area (Å²) in [6, 6.07) is 8.86. The maximum Gasteiger partial charge on any atom is 0.310 e. The molecule has 0 aliphatic rings. The number of hydrogen-bond acceptors (Lipinski definition) is 3. The lowest BCUT2D eigenvalue weighted by Gasteiger charge is -2.13. The second-order valence-electron chi connectivity index (χ2n) is 4.39. The minimum absolute atomic E-state index is 0.0491. The Hall–Kier alpha value is -1.94. The van der Waals surface area contributed by atoms with E-state index in [0.29, 0.717) is 16.0 Å². The molecule has 0 saturated heterocycles. The average molecular weight is 274 g/mol. The van der Waals surface area contributed by atoms with Gasteiger partial charge >= 0.3 is 5.97 Å². The van der Waals surface area contributed by atoms with Crippen LogP contribution in [0, 0.1) is 6.92 Å². The number of carbonyl (C=O) groups excluding carboxylic acids is 1. The van der Waals surface area contributed by atoms with Crippen LogP contribution < -0.4 is 0 Å². The summed E-state index contributed by atoms with van der Waals surface area (Å²) >= 11 is 1.39. The topological polar surface area (TPSA) is 54.4 Å². The van der Waals surface area contributed by atoms with Crippen molar-refractivity contribution in [2.24, 2.45) is 0 Å². The van der Waals surface area contributed by atoms with Crippen LogP contribution in [0.25, 0.3) is 0 Å². The van der Waals surface area contributed by atoms with Gasteiger partial charge < -0.3 is 5.11 Å². The normalized spacial score (nSPS) is 12.1. The van der Waals surface area contributed by atoms with Gasteiger partial charge in [0.05, 0.1) is 10.8 Å². The largest absolute Gasteiger partial charge is 0.481 e. The second kappa shape index (κ2) is 5.36. The summed E-state index contributed by atoms with van der Waals surface area (Å²) in [6.45, 7) is 3.43. The summed E-state index contributed by atoms with van der Waals surface area (Å²) in [7, 11) is 0. The number of carbonyl (C=O) groups is 2. The number of aliphatic carboxylic acids is 1. The molecular formula is C15H14O3S. The molecule has 0 fully saturated rings. The highest BCUT2D eigenvalue weighted by Crippen LogP contribution is 2.25. The highest BCUT2D eigenvalue weighted by molar-refractivity contribution is 7.12. The minimum Gasteiger partial charge on any atom is -0.481 e. The fourth-order valence-electron chi connectivity index (χ4n) is 2.04. The smallest absolute Gasteiger partial charge is 0.310 e. The zero-order chi connectivity index (χ0) is 14.0. The molecule has 98 valence electrons. The van der Waals surface area contributed by atoms with E-state index < -0.39 is 11.9 Å². The average Bonchev–Trinajstić information content (AvgIpc) is 2.91. The zero-order valence-corrected chi connectivity index (χ0v) is 11.5. The molecule has 1 aromatic heterocycles. The number of hydrogen-bond donors (Lipinski definition) is 1. The Kier molecular flexibility index (Phi) is 3.81. The number of ketones is 1. The molecular weight excluding hydrogens is 260 g/mol. The highest BCUT2D eigenvalue weighted by atomic mass is 32.1. The molecule has 0 aliphatic carbocycles. The highest BCUT2D eigenvalue weighted by Gasteiger charge is 2.20. The van der Waals surface area contributed by atoms with Gasteiger partial charge in [-0.15, -0.1) is 11.3 Å². The summed E-state index contributed by atoms with van der Waals surface area (Å²) in [5.41, 5.74) is 2.01. The molecule has 19 heavy (non-hydrogen) atoms. The summed E-state index contributed by atoms with van der Waals surface area (Å²) in [5, 5.41) is 10.9. The monoisotopic (exact) mass is 274 g/mol. The van der Waals surface area contributed by atoms with Crippen LogP contribution in [0.1, 0.15) is 39.2 Å². The van der Waals surface area contributed by atoms with Crippen LogP contribution in [0.3, 0.4) is 0 Å². The fourth-order valence-corrected chi connectivity index (χ4v) is 2.72. The maximum atomic E-state index is 12.3. The predicted molar refractivity (Wildman–Crippen MR) is 75.0 cm³/mol. The Labute approximate surface area is 115 Å². The Morgan fingerprint density at radius 3 is 2.53 bits per heavy atom. The van der Waals surface area contributed by atoms with Crippen molar-refractivity contribution in [3.63, 3.8) is 0 Å². The maximum absolute atomic E-state index is 12.3. The number of thiophene rings is 1. The molecule has 1 aromatic carbocycles. The lowest BCUT2D eigenvalue weighted by atomic mass is 9.91.